The average molecular weight is 153 g/mol. The Morgan fingerprint density at radius 1 is 1.64 bits per heavy atom. The van der Waals surface area contributed by atoms with Crippen LogP contribution in [0.3, 0.4) is 0 Å². The number of hydrogen-bond acceptors (Lipinski definition) is 2. The molecule has 2 nitrogen and oxygen atoms in total. The quantitative estimate of drug-likeness (QED) is 0.515. The molecule has 0 radical (unpaired) electrons. The van der Waals surface area contributed by atoms with Crippen molar-refractivity contribution in [2.45, 2.75) is 26.0 Å². The fraction of sp³-hybridized carbons (Fsp3) is 0.778. The van der Waals surface area contributed by atoms with Crippen LogP contribution in [0.25, 0.3) is 0 Å². The predicted molar refractivity (Wildman–Crippen MR) is 45.3 cm³/mol. The number of hydrogen-bond donors (Lipinski definition) is 0. The third kappa shape index (κ3) is 2.21. The highest BCUT2D eigenvalue weighted by Gasteiger charge is 2.21. The third-order valence-corrected chi connectivity index (χ3v) is 2.03. The van der Waals surface area contributed by atoms with Crippen molar-refractivity contribution in [3.05, 3.63) is 0 Å². The van der Waals surface area contributed by atoms with E-state index in [1.54, 1.807) is 0 Å². The van der Waals surface area contributed by atoms with Gasteiger partial charge in [0.25, 0.3) is 0 Å². The van der Waals surface area contributed by atoms with Crippen LogP contribution < -0.4 is 0 Å². The Morgan fingerprint density at radius 3 is 3.00 bits per heavy atom. The highest BCUT2D eigenvalue weighted by Crippen LogP contribution is 2.09. The van der Waals surface area contributed by atoms with Gasteiger partial charge < -0.3 is 4.74 Å². The van der Waals surface area contributed by atoms with Crippen LogP contribution in [0.5, 0.6) is 0 Å². The molecule has 0 spiro atoms. The first kappa shape index (κ1) is 8.58. The summed E-state index contributed by atoms with van der Waals surface area (Å²) in [6.07, 6.45) is 5.57. The van der Waals surface area contributed by atoms with Gasteiger partial charge in [0.15, 0.2) is 0 Å². The molecule has 2 unspecified atom stereocenters. The van der Waals surface area contributed by atoms with E-state index in [9.17, 15) is 0 Å². The highest BCUT2D eigenvalue weighted by atomic mass is 16.5. The summed E-state index contributed by atoms with van der Waals surface area (Å²) in [5.74, 6) is 2.66. The second-order valence-electron chi connectivity index (χ2n) is 3.13. The summed E-state index contributed by atoms with van der Waals surface area (Å²) in [5.41, 5.74) is 0. The summed E-state index contributed by atoms with van der Waals surface area (Å²) < 4.78 is 5.46. The molecule has 0 aromatic heterocycles. The van der Waals surface area contributed by atoms with Crippen molar-refractivity contribution < 1.29 is 4.74 Å². The number of ether oxygens (including phenoxy) is 1. The van der Waals surface area contributed by atoms with Crippen LogP contribution >= 0.6 is 0 Å². The number of nitrogens with zero attached hydrogens (tertiary/aromatic N) is 1. The topological polar surface area (TPSA) is 12.5 Å². The molecule has 0 aromatic rings. The normalized spacial score (nSPS) is 33.2. The molecule has 62 valence electrons. The molecule has 0 amide bonds. The number of terminal acetylenes is 1. The maximum absolute atomic E-state index is 5.46. The van der Waals surface area contributed by atoms with E-state index < -0.39 is 0 Å². The molecule has 2 atom stereocenters. The van der Waals surface area contributed by atoms with E-state index in [0.29, 0.717) is 12.1 Å². The molecule has 1 rings (SSSR count). The second-order valence-corrected chi connectivity index (χ2v) is 3.13. The molecule has 0 N–H and O–H groups in total. The summed E-state index contributed by atoms with van der Waals surface area (Å²) >= 11 is 0. The minimum Gasteiger partial charge on any atom is -0.376 e. The minimum absolute atomic E-state index is 0.333. The first-order valence-corrected chi connectivity index (χ1v) is 4.03. The van der Waals surface area contributed by atoms with Crippen LogP contribution in [0.2, 0.25) is 0 Å². The summed E-state index contributed by atoms with van der Waals surface area (Å²) in [5, 5.41) is 0. The predicted octanol–water partition coefficient (Wildman–Crippen LogP) is 0.729. The molecule has 0 saturated carbocycles. The number of rotatable bonds is 1. The van der Waals surface area contributed by atoms with Crippen LogP contribution in [-0.2, 0) is 4.74 Å². The van der Waals surface area contributed by atoms with Crippen LogP contribution in [0, 0.1) is 12.3 Å². The molecule has 1 heterocycles. The van der Waals surface area contributed by atoms with Gasteiger partial charge in [-0.05, 0) is 13.8 Å². The summed E-state index contributed by atoms with van der Waals surface area (Å²) in [6, 6.07) is 0.474. The minimum atomic E-state index is 0.333. The number of morpholine rings is 1. The summed E-state index contributed by atoms with van der Waals surface area (Å²) in [6.45, 7) is 6.74. The van der Waals surface area contributed by atoms with Gasteiger partial charge in [-0.2, -0.15) is 0 Å². The molecular weight excluding hydrogens is 138 g/mol. The zero-order valence-corrected chi connectivity index (χ0v) is 7.21. The van der Waals surface area contributed by atoms with Gasteiger partial charge >= 0.3 is 0 Å². The Kier molecular flexibility index (Phi) is 2.92. The van der Waals surface area contributed by atoms with E-state index in [1.165, 1.54) is 0 Å². The van der Waals surface area contributed by atoms with Gasteiger partial charge in [-0.25, -0.2) is 0 Å². The van der Waals surface area contributed by atoms with Gasteiger partial charge in [-0.3, -0.25) is 4.90 Å². The van der Waals surface area contributed by atoms with Crippen molar-refractivity contribution >= 4 is 0 Å². The van der Waals surface area contributed by atoms with Crippen LogP contribution in [0.15, 0.2) is 0 Å². The molecule has 0 aliphatic carbocycles. The second kappa shape index (κ2) is 3.75. The molecule has 1 saturated heterocycles. The Bertz CT molecular complexity index is 161. The molecule has 11 heavy (non-hydrogen) atoms. The van der Waals surface area contributed by atoms with E-state index in [4.69, 9.17) is 11.2 Å². The van der Waals surface area contributed by atoms with Crippen molar-refractivity contribution in [3.63, 3.8) is 0 Å². The zero-order chi connectivity index (χ0) is 8.27. The maximum Gasteiger partial charge on any atom is 0.0675 e. The van der Waals surface area contributed by atoms with Crippen LogP contribution in [-0.4, -0.2) is 36.7 Å². The molecule has 0 aromatic carbocycles. The largest absolute Gasteiger partial charge is 0.376 e. The summed E-state index contributed by atoms with van der Waals surface area (Å²) in [4.78, 5) is 2.27. The highest BCUT2D eigenvalue weighted by molar-refractivity contribution is 4.91. The van der Waals surface area contributed by atoms with E-state index in [0.717, 1.165) is 19.7 Å². The lowest BCUT2D eigenvalue weighted by Crippen LogP contribution is -2.47. The SMILES string of the molecule is C#CCN1CC(C)OCC1C. The monoisotopic (exact) mass is 153 g/mol. The molecule has 1 aliphatic heterocycles. The first-order valence-electron chi connectivity index (χ1n) is 4.03. The van der Waals surface area contributed by atoms with Crippen molar-refractivity contribution in [3.8, 4) is 12.3 Å². The Balaban J connectivity index is 2.42. The van der Waals surface area contributed by atoms with E-state index in [-0.39, 0.29) is 0 Å². The van der Waals surface area contributed by atoms with E-state index in [1.807, 2.05) is 0 Å². The van der Waals surface area contributed by atoms with E-state index in [2.05, 4.69) is 24.7 Å². The molecule has 1 aliphatic rings. The van der Waals surface area contributed by atoms with Gasteiger partial charge in [0, 0.05) is 12.6 Å². The van der Waals surface area contributed by atoms with Crippen molar-refractivity contribution in [1.82, 2.24) is 4.90 Å². The van der Waals surface area contributed by atoms with Gasteiger partial charge in [-0.1, -0.05) is 5.92 Å². The first-order chi connectivity index (χ1) is 5.24. The fourth-order valence-corrected chi connectivity index (χ4v) is 1.31. The average Bonchev–Trinajstić information content (AvgIpc) is 1.98. The Morgan fingerprint density at radius 2 is 2.36 bits per heavy atom. The third-order valence-electron chi connectivity index (χ3n) is 2.03. The van der Waals surface area contributed by atoms with Crippen molar-refractivity contribution in [2.75, 3.05) is 19.7 Å². The van der Waals surface area contributed by atoms with E-state index >= 15 is 0 Å². The maximum atomic E-state index is 5.46. The standard InChI is InChI=1S/C9H15NO/c1-4-5-10-6-9(3)11-7-8(10)2/h1,8-9H,5-7H2,2-3H3. The molecular formula is C9H15NO. The van der Waals surface area contributed by atoms with Gasteiger partial charge in [0.2, 0.25) is 0 Å². The van der Waals surface area contributed by atoms with Crippen molar-refractivity contribution in [1.29, 1.82) is 0 Å². The Labute approximate surface area is 68.5 Å². The molecule has 1 fully saturated rings. The lowest BCUT2D eigenvalue weighted by Gasteiger charge is -2.35. The van der Waals surface area contributed by atoms with Crippen LogP contribution in [0.1, 0.15) is 13.8 Å². The molecule has 2 heteroatoms. The van der Waals surface area contributed by atoms with Gasteiger partial charge in [0.05, 0.1) is 19.3 Å². The Hall–Kier alpha value is -0.520. The lowest BCUT2D eigenvalue weighted by atomic mass is 10.2. The zero-order valence-electron chi connectivity index (χ0n) is 7.21. The molecule has 0 bridgehead atoms. The van der Waals surface area contributed by atoms with Gasteiger partial charge in [0.1, 0.15) is 0 Å². The summed E-state index contributed by atoms with van der Waals surface area (Å²) in [7, 11) is 0. The lowest BCUT2D eigenvalue weighted by molar-refractivity contribution is -0.0440. The fourth-order valence-electron chi connectivity index (χ4n) is 1.31. The van der Waals surface area contributed by atoms with Crippen LogP contribution in [0.4, 0.5) is 0 Å². The van der Waals surface area contributed by atoms with Crippen molar-refractivity contribution in [2.24, 2.45) is 0 Å². The van der Waals surface area contributed by atoms with Gasteiger partial charge in [-0.15, -0.1) is 6.42 Å². The smallest absolute Gasteiger partial charge is 0.0675 e.